The summed E-state index contributed by atoms with van der Waals surface area (Å²) < 4.78 is 11.1. The SMILES string of the molecule is CCCCCCC(Cc1ccc(C(=O)O)cc1)OCC(=O)OC(C)(C)C. The molecule has 146 valence electrons. The average molecular weight is 364 g/mol. The molecule has 1 aromatic carbocycles. The van der Waals surface area contributed by atoms with Gasteiger partial charge in [-0.2, -0.15) is 0 Å². The van der Waals surface area contributed by atoms with Crippen LogP contribution in [0.2, 0.25) is 0 Å². The largest absolute Gasteiger partial charge is 0.478 e. The highest BCUT2D eigenvalue weighted by atomic mass is 16.6. The molecule has 0 bridgehead atoms. The lowest BCUT2D eigenvalue weighted by atomic mass is 10.0. The van der Waals surface area contributed by atoms with Crippen molar-refractivity contribution in [1.82, 2.24) is 0 Å². The standard InChI is InChI=1S/C21H32O5/c1-5-6-7-8-9-18(25-15-19(22)26-21(2,3)4)14-16-10-12-17(13-11-16)20(23)24/h10-13,18H,5-9,14-15H2,1-4H3,(H,23,24). The molecule has 26 heavy (non-hydrogen) atoms. The number of hydrogen-bond acceptors (Lipinski definition) is 4. The van der Waals surface area contributed by atoms with E-state index in [1.807, 2.05) is 20.8 Å². The van der Waals surface area contributed by atoms with E-state index in [4.69, 9.17) is 14.6 Å². The van der Waals surface area contributed by atoms with E-state index < -0.39 is 11.6 Å². The highest BCUT2D eigenvalue weighted by Gasteiger charge is 2.18. The van der Waals surface area contributed by atoms with Crippen LogP contribution in [-0.2, 0) is 20.7 Å². The predicted molar refractivity (Wildman–Crippen MR) is 101 cm³/mol. The molecule has 1 atom stereocenters. The van der Waals surface area contributed by atoms with Crippen molar-refractivity contribution in [1.29, 1.82) is 0 Å². The third-order valence-corrected chi connectivity index (χ3v) is 3.90. The van der Waals surface area contributed by atoms with Crippen LogP contribution in [0.5, 0.6) is 0 Å². The molecule has 1 rings (SSSR count). The van der Waals surface area contributed by atoms with Gasteiger partial charge in [0.25, 0.3) is 0 Å². The van der Waals surface area contributed by atoms with Gasteiger partial charge in [0, 0.05) is 0 Å². The van der Waals surface area contributed by atoms with Gasteiger partial charge in [-0.25, -0.2) is 9.59 Å². The molecule has 5 heteroatoms. The lowest BCUT2D eigenvalue weighted by Gasteiger charge is -2.22. The molecule has 1 unspecified atom stereocenters. The molecule has 1 N–H and O–H groups in total. The maximum absolute atomic E-state index is 11.9. The van der Waals surface area contributed by atoms with Crippen LogP contribution in [-0.4, -0.2) is 35.4 Å². The zero-order chi connectivity index (χ0) is 19.6. The van der Waals surface area contributed by atoms with E-state index in [1.165, 1.54) is 12.8 Å². The second-order valence-corrected chi connectivity index (χ2v) is 7.57. The number of hydrogen-bond donors (Lipinski definition) is 1. The van der Waals surface area contributed by atoms with Crippen molar-refractivity contribution >= 4 is 11.9 Å². The normalized spacial score (nSPS) is 12.6. The van der Waals surface area contributed by atoms with Gasteiger partial charge in [0.1, 0.15) is 12.2 Å². The molecule has 0 spiro atoms. The average Bonchev–Trinajstić information content (AvgIpc) is 2.55. The number of carboxylic acid groups (broad SMARTS) is 1. The molecule has 5 nitrogen and oxygen atoms in total. The van der Waals surface area contributed by atoms with Crippen LogP contribution in [0.15, 0.2) is 24.3 Å². The minimum Gasteiger partial charge on any atom is -0.478 e. The number of esters is 1. The number of aromatic carboxylic acids is 1. The summed E-state index contributed by atoms with van der Waals surface area (Å²) in [6.07, 6.45) is 5.96. The lowest BCUT2D eigenvalue weighted by molar-refractivity contribution is -0.162. The van der Waals surface area contributed by atoms with Crippen LogP contribution in [0.4, 0.5) is 0 Å². The molecule has 0 saturated heterocycles. The summed E-state index contributed by atoms with van der Waals surface area (Å²) in [5, 5.41) is 8.99. The number of unbranched alkanes of at least 4 members (excludes halogenated alkanes) is 3. The maximum atomic E-state index is 11.9. The van der Waals surface area contributed by atoms with E-state index in [2.05, 4.69) is 6.92 Å². The fourth-order valence-electron chi connectivity index (χ4n) is 2.65. The Hall–Kier alpha value is -1.88. The number of rotatable bonds is 11. The third-order valence-electron chi connectivity index (χ3n) is 3.90. The summed E-state index contributed by atoms with van der Waals surface area (Å²) in [5.41, 5.74) is 0.742. The minimum atomic E-state index is -0.936. The number of carbonyl (C=O) groups excluding carboxylic acids is 1. The van der Waals surface area contributed by atoms with E-state index in [9.17, 15) is 9.59 Å². The fourth-order valence-corrected chi connectivity index (χ4v) is 2.65. The van der Waals surface area contributed by atoms with Crippen LogP contribution in [0, 0.1) is 0 Å². The molecule has 0 radical (unpaired) electrons. The third kappa shape index (κ3) is 9.56. The molecule has 0 aliphatic rings. The van der Waals surface area contributed by atoms with E-state index >= 15 is 0 Å². The Morgan fingerprint density at radius 1 is 1.08 bits per heavy atom. The van der Waals surface area contributed by atoms with Gasteiger partial charge in [-0.3, -0.25) is 0 Å². The first kappa shape index (κ1) is 22.2. The summed E-state index contributed by atoms with van der Waals surface area (Å²) in [5.74, 6) is -1.30. The quantitative estimate of drug-likeness (QED) is 0.458. The van der Waals surface area contributed by atoms with Crippen molar-refractivity contribution in [3.05, 3.63) is 35.4 Å². The van der Waals surface area contributed by atoms with Crippen LogP contribution >= 0.6 is 0 Å². The Balaban J connectivity index is 2.62. The van der Waals surface area contributed by atoms with E-state index in [0.717, 1.165) is 24.8 Å². The van der Waals surface area contributed by atoms with Crippen molar-refractivity contribution in [3.63, 3.8) is 0 Å². The van der Waals surface area contributed by atoms with Crippen molar-refractivity contribution in [3.8, 4) is 0 Å². The Morgan fingerprint density at radius 2 is 1.73 bits per heavy atom. The van der Waals surface area contributed by atoms with Crippen molar-refractivity contribution in [2.45, 2.75) is 77.9 Å². The first-order valence-electron chi connectivity index (χ1n) is 9.37. The van der Waals surface area contributed by atoms with Crippen molar-refractivity contribution in [2.75, 3.05) is 6.61 Å². The number of carbonyl (C=O) groups is 2. The molecule has 1 aromatic rings. The summed E-state index contributed by atoms with van der Waals surface area (Å²) in [7, 11) is 0. The van der Waals surface area contributed by atoms with Gasteiger partial charge >= 0.3 is 11.9 Å². The second-order valence-electron chi connectivity index (χ2n) is 7.57. The van der Waals surface area contributed by atoms with Gasteiger partial charge in [-0.05, 0) is 51.3 Å². The van der Waals surface area contributed by atoms with Gasteiger partial charge < -0.3 is 14.6 Å². The first-order valence-corrected chi connectivity index (χ1v) is 9.37. The first-order chi connectivity index (χ1) is 12.2. The van der Waals surface area contributed by atoms with Gasteiger partial charge in [-0.1, -0.05) is 44.7 Å². The minimum absolute atomic E-state index is 0.0665. The summed E-state index contributed by atoms with van der Waals surface area (Å²) >= 11 is 0. The van der Waals surface area contributed by atoms with Gasteiger partial charge in [-0.15, -0.1) is 0 Å². The highest BCUT2D eigenvalue weighted by Crippen LogP contribution is 2.16. The van der Waals surface area contributed by atoms with Crippen LogP contribution in [0.3, 0.4) is 0 Å². The Morgan fingerprint density at radius 3 is 2.27 bits per heavy atom. The Bertz CT molecular complexity index is 557. The monoisotopic (exact) mass is 364 g/mol. The number of ether oxygens (including phenoxy) is 2. The molecule has 0 aromatic heterocycles. The van der Waals surface area contributed by atoms with Crippen molar-refractivity contribution < 1.29 is 24.2 Å². The van der Waals surface area contributed by atoms with Gasteiger partial charge in [0.15, 0.2) is 0 Å². The van der Waals surface area contributed by atoms with Crippen LogP contribution in [0.1, 0.15) is 75.7 Å². The predicted octanol–water partition coefficient (Wildman–Crippen LogP) is 4.62. The molecule has 0 saturated carbocycles. The van der Waals surface area contributed by atoms with E-state index in [-0.39, 0.29) is 24.2 Å². The second kappa shape index (κ2) is 11.0. The van der Waals surface area contributed by atoms with Crippen LogP contribution < -0.4 is 0 Å². The summed E-state index contributed by atoms with van der Waals surface area (Å²) in [6, 6.07) is 6.80. The maximum Gasteiger partial charge on any atom is 0.335 e. The zero-order valence-electron chi connectivity index (χ0n) is 16.4. The van der Waals surface area contributed by atoms with E-state index in [1.54, 1.807) is 24.3 Å². The van der Waals surface area contributed by atoms with Gasteiger partial charge in [0.2, 0.25) is 0 Å². The molecular weight excluding hydrogens is 332 g/mol. The van der Waals surface area contributed by atoms with E-state index in [0.29, 0.717) is 6.42 Å². The summed E-state index contributed by atoms with van der Waals surface area (Å²) in [4.78, 5) is 22.9. The molecule has 0 fully saturated rings. The fraction of sp³-hybridized carbons (Fsp3) is 0.619. The van der Waals surface area contributed by atoms with Crippen LogP contribution in [0.25, 0.3) is 0 Å². The number of benzene rings is 1. The summed E-state index contributed by atoms with van der Waals surface area (Å²) in [6.45, 7) is 7.59. The highest BCUT2D eigenvalue weighted by molar-refractivity contribution is 5.87. The van der Waals surface area contributed by atoms with Gasteiger partial charge in [0.05, 0.1) is 11.7 Å². The smallest absolute Gasteiger partial charge is 0.335 e. The van der Waals surface area contributed by atoms with Crippen molar-refractivity contribution in [2.24, 2.45) is 0 Å². The molecule has 0 aliphatic heterocycles. The molecular formula is C21H32O5. The zero-order valence-corrected chi connectivity index (χ0v) is 16.4. The molecule has 0 aliphatic carbocycles. The topological polar surface area (TPSA) is 72.8 Å². The Kier molecular flexibility index (Phi) is 9.35. The number of carboxylic acids is 1. The molecule has 0 heterocycles. The molecule has 0 amide bonds. The lowest BCUT2D eigenvalue weighted by Crippen LogP contribution is -2.29. The Labute approximate surface area is 156 Å².